The number of benzene rings is 2. The highest BCUT2D eigenvalue weighted by Crippen LogP contribution is 2.33. The monoisotopic (exact) mass is 465 g/mol. The number of nitrogens with one attached hydrogen (secondary N) is 2. The van der Waals surface area contributed by atoms with Crippen molar-refractivity contribution < 1.29 is 13.9 Å². The van der Waals surface area contributed by atoms with E-state index in [9.17, 15) is 9.18 Å². The lowest BCUT2D eigenvalue weighted by atomic mass is 10.2. The highest BCUT2D eigenvalue weighted by molar-refractivity contribution is 9.10. The highest BCUT2D eigenvalue weighted by atomic mass is 79.9. The van der Waals surface area contributed by atoms with Crippen LogP contribution in [0.2, 0.25) is 0 Å². The van der Waals surface area contributed by atoms with Crippen LogP contribution < -0.4 is 10.6 Å². The van der Waals surface area contributed by atoms with Crippen LogP contribution >= 0.6 is 27.9 Å². The third-order valence-electron chi connectivity index (χ3n) is 4.79. The molecular formula is C20H21BrFN3O2S. The van der Waals surface area contributed by atoms with Crippen molar-refractivity contribution in [2.24, 2.45) is 0 Å². The van der Waals surface area contributed by atoms with E-state index in [4.69, 9.17) is 4.74 Å². The summed E-state index contributed by atoms with van der Waals surface area (Å²) < 4.78 is 21.9. The second-order valence-electron chi connectivity index (χ2n) is 6.98. The van der Waals surface area contributed by atoms with E-state index < -0.39 is 0 Å². The van der Waals surface area contributed by atoms with Crippen LogP contribution in [0.3, 0.4) is 0 Å². The number of fused-ring (bicyclic) bond motifs is 2. The summed E-state index contributed by atoms with van der Waals surface area (Å²) in [6, 6.07) is 12.2. The van der Waals surface area contributed by atoms with Crippen molar-refractivity contribution in [2.75, 3.05) is 18.4 Å². The van der Waals surface area contributed by atoms with Crippen molar-refractivity contribution in [2.45, 2.75) is 36.5 Å². The van der Waals surface area contributed by atoms with E-state index in [2.05, 4.69) is 30.9 Å². The van der Waals surface area contributed by atoms with Crippen molar-refractivity contribution in [3.8, 4) is 0 Å². The molecule has 8 heteroatoms. The van der Waals surface area contributed by atoms with Crippen molar-refractivity contribution >= 4 is 39.6 Å². The summed E-state index contributed by atoms with van der Waals surface area (Å²) in [6.45, 7) is 2.24. The van der Waals surface area contributed by atoms with Crippen molar-refractivity contribution in [1.29, 1.82) is 0 Å². The van der Waals surface area contributed by atoms with Gasteiger partial charge >= 0.3 is 6.03 Å². The zero-order valence-electron chi connectivity index (χ0n) is 15.2. The Morgan fingerprint density at radius 1 is 1.18 bits per heavy atom. The van der Waals surface area contributed by atoms with Crippen LogP contribution in [0.5, 0.6) is 0 Å². The number of urea groups is 1. The molecule has 2 fully saturated rings. The molecule has 0 saturated carbocycles. The third-order valence-corrected chi connectivity index (χ3v) is 6.44. The maximum Gasteiger partial charge on any atom is 0.319 e. The van der Waals surface area contributed by atoms with Gasteiger partial charge in [0.2, 0.25) is 0 Å². The average Bonchev–Trinajstić information content (AvgIpc) is 3.02. The smallest absolute Gasteiger partial charge is 0.319 e. The fraction of sp³-hybridized carbons (Fsp3) is 0.350. The molecule has 4 rings (SSSR count). The van der Waals surface area contributed by atoms with Gasteiger partial charge in [0.05, 0.1) is 16.7 Å². The van der Waals surface area contributed by atoms with Crippen LogP contribution in [0, 0.1) is 5.82 Å². The zero-order chi connectivity index (χ0) is 19.5. The van der Waals surface area contributed by atoms with E-state index >= 15 is 0 Å². The predicted octanol–water partition coefficient (Wildman–Crippen LogP) is 4.78. The van der Waals surface area contributed by atoms with E-state index in [-0.39, 0.29) is 11.8 Å². The molecule has 0 aromatic heterocycles. The van der Waals surface area contributed by atoms with Gasteiger partial charge < -0.3 is 15.4 Å². The van der Waals surface area contributed by atoms with Crippen molar-refractivity contribution in [1.82, 2.24) is 9.62 Å². The summed E-state index contributed by atoms with van der Waals surface area (Å²) >= 11 is 4.88. The quantitative estimate of drug-likeness (QED) is 0.623. The Balaban J connectivity index is 1.25. The summed E-state index contributed by atoms with van der Waals surface area (Å²) in [7, 11) is 0. The van der Waals surface area contributed by atoms with E-state index in [0.717, 1.165) is 42.1 Å². The normalized spacial score (nSPS) is 21.5. The fourth-order valence-corrected chi connectivity index (χ4v) is 4.87. The number of hydrogen-bond acceptors (Lipinski definition) is 4. The maximum atomic E-state index is 13.2. The molecule has 2 unspecified atom stereocenters. The van der Waals surface area contributed by atoms with Gasteiger partial charge in [0, 0.05) is 30.2 Å². The van der Waals surface area contributed by atoms with E-state index in [0.29, 0.717) is 23.2 Å². The van der Waals surface area contributed by atoms with Crippen LogP contribution in [0.4, 0.5) is 14.9 Å². The summed E-state index contributed by atoms with van der Waals surface area (Å²) in [5.41, 5.74) is 1.54. The lowest BCUT2D eigenvalue weighted by molar-refractivity contribution is -0.00838. The molecule has 2 N–H and O–H groups in total. The fourth-order valence-electron chi connectivity index (χ4n) is 3.41. The number of amides is 2. The Hall–Kier alpha value is -1.61. The SMILES string of the molecule is O=C(NCc1ccc(F)c(Br)c1)Nc1ccc(SN2CC3CCC(C2)O3)cc1. The summed E-state index contributed by atoms with van der Waals surface area (Å²) in [4.78, 5) is 13.2. The standard InChI is InChI=1S/C20H21BrFN3O2S/c21-18-9-13(1-8-19(18)22)10-23-20(26)24-14-2-6-17(7-3-14)28-25-11-15-4-5-16(12-25)27-15/h1-3,6-9,15-16H,4-5,10-12H2,(H2,23,24,26). The molecule has 0 aliphatic carbocycles. The first-order valence-electron chi connectivity index (χ1n) is 9.22. The van der Waals surface area contributed by atoms with E-state index in [1.807, 2.05) is 24.3 Å². The van der Waals surface area contributed by atoms with E-state index in [1.165, 1.54) is 6.07 Å². The van der Waals surface area contributed by atoms with Crippen LogP contribution in [0.25, 0.3) is 0 Å². The minimum atomic E-state index is -0.323. The number of rotatable bonds is 5. The molecule has 148 valence electrons. The lowest BCUT2D eigenvalue weighted by Crippen LogP contribution is -2.38. The number of carbonyl (C=O) groups excluding carboxylic acids is 1. The highest BCUT2D eigenvalue weighted by Gasteiger charge is 2.34. The summed E-state index contributed by atoms with van der Waals surface area (Å²) in [6.07, 6.45) is 3.07. The predicted molar refractivity (Wildman–Crippen MR) is 112 cm³/mol. The third kappa shape index (κ3) is 5.05. The molecule has 2 amide bonds. The van der Waals surface area contributed by atoms with Crippen molar-refractivity contribution in [3.63, 3.8) is 0 Å². The maximum absolute atomic E-state index is 13.2. The van der Waals surface area contributed by atoms with Crippen LogP contribution in [-0.2, 0) is 11.3 Å². The molecule has 0 radical (unpaired) electrons. The summed E-state index contributed by atoms with van der Waals surface area (Å²) in [5, 5.41) is 5.58. The van der Waals surface area contributed by atoms with Gasteiger partial charge in [0.1, 0.15) is 5.82 Å². The zero-order valence-corrected chi connectivity index (χ0v) is 17.6. The summed E-state index contributed by atoms with van der Waals surface area (Å²) in [5.74, 6) is -0.323. The minimum Gasteiger partial charge on any atom is -0.372 e. The molecule has 2 saturated heterocycles. The molecule has 2 aliphatic rings. The number of halogens is 2. The topological polar surface area (TPSA) is 53.6 Å². The molecule has 2 aromatic rings. The van der Waals surface area contributed by atoms with E-state index in [1.54, 1.807) is 24.1 Å². The Morgan fingerprint density at radius 3 is 2.57 bits per heavy atom. The molecule has 0 spiro atoms. The van der Waals surface area contributed by atoms with Crippen LogP contribution in [0.15, 0.2) is 51.8 Å². The van der Waals surface area contributed by atoms with Gasteiger partial charge in [-0.3, -0.25) is 0 Å². The number of ether oxygens (including phenoxy) is 1. The molecule has 2 aliphatic heterocycles. The number of morpholine rings is 1. The molecule has 2 aromatic carbocycles. The molecule has 28 heavy (non-hydrogen) atoms. The molecular weight excluding hydrogens is 445 g/mol. The minimum absolute atomic E-state index is 0.300. The Labute approximate surface area is 176 Å². The van der Waals surface area contributed by atoms with Crippen LogP contribution in [-0.4, -0.2) is 35.6 Å². The number of hydrogen-bond donors (Lipinski definition) is 2. The van der Waals surface area contributed by atoms with Gasteiger partial charge in [-0.2, -0.15) is 0 Å². The Kier molecular flexibility index (Phi) is 6.20. The second kappa shape index (κ2) is 8.82. The van der Waals surface area contributed by atoms with Gasteiger partial charge in [-0.25, -0.2) is 13.5 Å². The Morgan fingerprint density at radius 2 is 1.89 bits per heavy atom. The molecule has 2 atom stereocenters. The lowest BCUT2D eigenvalue weighted by Gasteiger charge is -2.30. The second-order valence-corrected chi connectivity index (χ2v) is 9.00. The number of carbonyl (C=O) groups is 1. The molecule has 2 bridgehead atoms. The largest absolute Gasteiger partial charge is 0.372 e. The van der Waals surface area contributed by atoms with Gasteiger partial charge in [-0.15, -0.1) is 0 Å². The van der Waals surface area contributed by atoms with Gasteiger partial charge in [-0.05, 0) is 82.7 Å². The van der Waals surface area contributed by atoms with Gasteiger partial charge in [-0.1, -0.05) is 6.07 Å². The van der Waals surface area contributed by atoms with Gasteiger partial charge in [0.15, 0.2) is 0 Å². The number of nitrogens with zero attached hydrogens (tertiary/aromatic N) is 1. The average molecular weight is 466 g/mol. The molecule has 5 nitrogen and oxygen atoms in total. The number of anilines is 1. The Bertz CT molecular complexity index is 840. The first-order chi connectivity index (χ1) is 13.5. The van der Waals surface area contributed by atoms with Crippen molar-refractivity contribution in [3.05, 3.63) is 58.3 Å². The molecule has 2 heterocycles. The van der Waals surface area contributed by atoms with Gasteiger partial charge in [0.25, 0.3) is 0 Å². The first kappa shape index (κ1) is 19.7. The van der Waals surface area contributed by atoms with Crippen LogP contribution in [0.1, 0.15) is 18.4 Å². The first-order valence-corrected chi connectivity index (χ1v) is 10.8.